The first-order chi connectivity index (χ1) is 11.0. The second-order valence-corrected chi connectivity index (χ2v) is 6.32. The molecule has 2 fully saturated rings. The van der Waals surface area contributed by atoms with E-state index in [0.717, 1.165) is 12.1 Å². The third-order valence-corrected chi connectivity index (χ3v) is 5.27. The summed E-state index contributed by atoms with van der Waals surface area (Å²) in [5.41, 5.74) is -0.820. The van der Waals surface area contributed by atoms with Crippen LogP contribution in [-0.2, 0) is 4.74 Å². The summed E-state index contributed by atoms with van der Waals surface area (Å²) in [5, 5.41) is 10.1. The minimum Gasteiger partial charge on any atom is -0.392 e. The molecule has 1 aromatic carbocycles. The maximum Gasteiger partial charge on any atom is 0.259 e. The molecule has 1 aromatic rings. The molecule has 0 bridgehead atoms. The van der Waals surface area contributed by atoms with Gasteiger partial charge in [0.15, 0.2) is 0 Å². The Morgan fingerprint density at radius 3 is 2.48 bits per heavy atom. The van der Waals surface area contributed by atoms with Crippen molar-refractivity contribution in [2.24, 2.45) is 5.41 Å². The predicted molar refractivity (Wildman–Crippen MR) is 80.0 cm³/mol. The first-order valence-electron chi connectivity index (χ1n) is 8.02. The first kappa shape index (κ1) is 16.3. The number of amides is 1. The molecule has 2 unspecified atom stereocenters. The molecule has 1 saturated carbocycles. The summed E-state index contributed by atoms with van der Waals surface area (Å²) < 4.78 is 33.2. The molecule has 0 aromatic heterocycles. The summed E-state index contributed by atoms with van der Waals surface area (Å²) in [6.07, 6.45) is 1.36. The molecular formula is C17H21F2NO3. The van der Waals surface area contributed by atoms with E-state index < -0.39 is 29.2 Å². The van der Waals surface area contributed by atoms with Crippen molar-refractivity contribution in [2.75, 3.05) is 19.7 Å². The summed E-state index contributed by atoms with van der Waals surface area (Å²) >= 11 is 0. The molecule has 0 radical (unpaired) electrons. The van der Waals surface area contributed by atoms with Crippen molar-refractivity contribution in [1.29, 1.82) is 0 Å². The summed E-state index contributed by atoms with van der Waals surface area (Å²) in [4.78, 5) is 13.9. The van der Waals surface area contributed by atoms with Crippen LogP contribution in [0.25, 0.3) is 0 Å². The Kier molecular flexibility index (Phi) is 4.38. The summed E-state index contributed by atoms with van der Waals surface area (Å²) in [6, 6.07) is 3.41. The SMILES string of the molecule is CCOC1CC(O)C12CCN(C(=O)c1c(F)cccc1F)CC2. The van der Waals surface area contributed by atoms with Crippen molar-refractivity contribution >= 4 is 5.91 Å². The number of hydrogen-bond donors (Lipinski definition) is 1. The highest BCUT2D eigenvalue weighted by molar-refractivity contribution is 5.94. The fourth-order valence-corrected chi connectivity index (χ4v) is 3.80. The number of carbonyl (C=O) groups excluding carboxylic acids is 1. The highest BCUT2D eigenvalue weighted by Crippen LogP contribution is 2.51. The van der Waals surface area contributed by atoms with E-state index in [9.17, 15) is 18.7 Å². The summed E-state index contributed by atoms with van der Waals surface area (Å²) in [5.74, 6) is -2.31. The Morgan fingerprint density at radius 2 is 1.96 bits per heavy atom. The Hall–Kier alpha value is -1.53. The van der Waals surface area contributed by atoms with E-state index in [4.69, 9.17) is 4.74 Å². The molecular weight excluding hydrogens is 304 g/mol. The molecule has 1 N–H and O–H groups in total. The number of aliphatic hydroxyl groups is 1. The first-order valence-corrected chi connectivity index (χ1v) is 8.02. The van der Waals surface area contributed by atoms with Crippen LogP contribution in [0.4, 0.5) is 8.78 Å². The number of benzene rings is 1. The van der Waals surface area contributed by atoms with Crippen LogP contribution in [0.1, 0.15) is 36.5 Å². The molecule has 4 nitrogen and oxygen atoms in total. The Morgan fingerprint density at radius 1 is 1.35 bits per heavy atom. The van der Waals surface area contributed by atoms with Crippen LogP contribution in [-0.4, -0.2) is 47.8 Å². The normalized spacial score (nSPS) is 26.2. The van der Waals surface area contributed by atoms with Crippen LogP contribution in [0.15, 0.2) is 18.2 Å². The summed E-state index contributed by atoms with van der Waals surface area (Å²) in [6.45, 7) is 3.24. The predicted octanol–water partition coefficient (Wildman–Crippen LogP) is 2.36. The minimum absolute atomic E-state index is 0.00458. The zero-order valence-electron chi connectivity index (χ0n) is 13.1. The molecule has 126 valence electrons. The average molecular weight is 325 g/mol. The van der Waals surface area contributed by atoms with Crippen LogP contribution in [0.3, 0.4) is 0 Å². The molecule has 1 aliphatic heterocycles. The number of rotatable bonds is 3. The molecule has 1 saturated heterocycles. The number of nitrogens with zero attached hydrogens (tertiary/aromatic N) is 1. The lowest BCUT2D eigenvalue weighted by Crippen LogP contribution is -2.62. The van der Waals surface area contributed by atoms with Gasteiger partial charge in [-0.1, -0.05) is 6.07 Å². The van der Waals surface area contributed by atoms with Crippen molar-refractivity contribution in [2.45, 2.75) is 38.4 Å². The largest absolute Gasteiger partial charge is 0.392 e. The summed E-state index contributed by atoms with van der Waals surface area (Å²) in [7, 11) is 0. The van der Waals surface area contributed by atoms with Gasteiger partial charge in [-0.25, -0.2) is 8.78 Å². The fraction of sp³-hybridized carbons (Fsp3) is 0.588. The van der Waals surface area contributed by atoms with Gasteiger partial charge in [-0.3, -0.25) is 4.79 Å². The monoisotopic (exact) mass is 325 g/mol. The third-order valence-electron chi connectivity index (χ3n) is 5.27. The van der Waals surface area contributed by atoms with E-state index in [1.807, 2.05) is 6.92 Å². The van der Waals surface area contributed by atoms with E-state index in [1.165, 1.54) is 11.0 Å². The van der Waals surface area contributed by atoms with Gasteiger partial charge in [0.05, 0.1) is 12.2 Å². The topological polar surface area (TPSA) is 49.8 Å². The second-order valence-electron chi connectivity index (χ2n) is 6.32. The van der Waals surface area contributed by atoms with E-state index in [-0.39, 0.29) is 11.5 Å². The lowest BCUT2D eigenvalue weighted by atomic mass is 9.58. The highest BCUT2D eigenvalue weighted by atomic mass is 19.1. The Labute approximate surface area is 134 Å². The molecule has 1 spiro atoms. The van der Waals surface area contributed by atoms with E-state index >= 15 is 0 Å². The van der Waals surface area contributed by atoms with Crippen LogP contribution < -0.4 is 0 Å². The molecule has 1 amide bonds. The average Bonchev–Trinajstić information content (AvgIpc) is 2.54. The van der Waals surface area contributed by atoms with Crippen molar-refractivity contribution in [3.8, 4) is 0 Å². The standard InChI is InChI=1S/C17H21F2NO3/c1-2-23-14-10-13(21)17(14)6-8-20(9-7-17)16(22)15-11(18)4-3-5-12(15)19/h3-5,13-14,21H,2,6-10H2,1H3. The minimum atomic E-state index is -0.842. The lowest BCUT2D eigenvalue weighted by Gasteiger charge is -2.56. The Balaban J connectivity index is 1.71. The van der Waals surface area contributed by atoms with Gasteiger partial charge in [0, 0.05) is 31.5 Å². The second kappa shape index (κ2) is 6.17. The number of likely N-dealkylation sites (tertiary alicyclic amines) is 1. The molecule has 3 rings (SSSR count). The van der Waals surface area contributed by atoms with Crippen molar-refractivity contribution in [3.05, 3.63) is 35.4 Å². The maximum atomic E-state index is 13.8. The third kappa shape index (κ3) is 2.64. The molecule has 6 heteroatoms. The number of halogens is 2. The number of hydrogen-bond acceptors (Lipinski definition) is 3. The zero-order chi connectivity index (χ0) is 16.6. The zero-order valence-corrected chi connectivity index (χ0v) is 13.1. The molecule has 23 heavy (non-hydrogen) atoms. The van der Waals surface area contributed by atoms with Gasteiger partial charge in [0.1, 0.15) is 17.2 Å². The van der Waals surface area contributed by atoms with Crippen molar-refractivity contribution in [1.82, 2.24) is 4.90 Å². The van der Waals surface area contributed by atoms with Crippen LogP contribution in [0.2, 0.25) is 0 Å². The molecule has 1 aliphatic carbocycles. The van der Waals surface area contributed by atoms with Crippen LogP contribution in [0.5, 0.6) is 0 Å². The highest BCUT2D eigenvalue weighted by Gasteiger charge is 2.56. The van der Waals surface area contributed by atoms with E-state index in [2.05, 4.69) is 0 Å². The maximum absolute atomic E-state index is 13.8. The van der Waals surface area contributed by atoms with Crippen molar-refractivity contribution in [3.63, 3.8) is 0 Å². The van der Waals surface area contributed by atoms with Gasteiger partial charge >= 0.3 is 0 Å². The number of carbonyl (C=O) groups is 1. The van der Waals surface area contributed by atoms with Gasteiger partial charge in [0.2, 0.25) is 0 Å². The van der Waals surface area contributed by atoms with E-state index in [1.54, 1.807) is 0 Å². The van der Waals surface area contributed by atoms with Gasteiger partial charge in [-0.15, -0.1) is 0 Å². The van der Waals surface area contributed by atoms with Crippen LogP contribution in [0, 0.1) is 17.0 Å². The quantitative estimate of drug-likeness (QED) is 0.928. The van der Waals surface area contributed by atoms with Crippen LogP contribution >= 0.6 is 0 Å². The lowest BCUT2D eigenvalue weighted by molar-refractivity contribution is -0.207. The smallest absolute Gasteiger partial charge is 0.259 e. The van der Waals surface area contributed by atoms with Gasteiger partial charge < -0.3 is 14.7 Å². The van der Waals surface area contributed by atoms with Gasteiger partial charge in [0.25, 0.3) is 5.91 Å². The van der Waals surface area contributed by atoms with Gasteiger partial charge in [-0.05, 0) is 31.9 Å². The molecule has 1 heterocycles. The van der Waals surface area contributed by atoms with E-state index in [0.29, 0.717) is 39.0 Å². The van der Waals surface area contributed by atoms with Gasteiger partial charge in [-0.2, -0.15) is 0 Å². The Bertz CT molecular complexity index is 577. The fourth-order valence-electron chi connectivity index (χ4n) is 3.80. The number of ether oxygens (including phenoxy) is 1. The molecule has 2 aliphatic rings. The molecule has 2 atom stereocenters. The number of aliphatic hydroxyl groups excluding tert-OH is 1. The number of piperidine rings is 1. The van der Waals surface area contributed by atoms with Crippen molar-refractivity contribution < 1.29 is 23.4 Å².